The van der Waals surface area contributed by atoms with Gasteiger partial charge < -0.3 is 10.3 Å². The lowest BCUT2D eigenvalue weighted by molar-refractivity contribution is -0.121. The van der Waals surface area contributed by atoms with Gasteiger partial charge in [-0.05, 0) is 30.2 Å². The molecule has 2 heterocycles. The van der Waals surface area contributed by atoms with Crippen molar-refractivity contribution in [2.75, 3.05) is 6.54 Å². The number of aromatic amines is 1. The number of amides is 1. The molecule has 0 aliphatic heterocycles. The molecule has 4 aromatic rings. The van der Waals surface area contributed by atoms with Crippen molar-refractivity contribution >= 4 is 33.6 Å². The van der Waals surface area contributed by atoms with Crippen LogP contribution in [-0.4, -0.2) is 27.9 Å². The summed E-state index contributed by atoms with van der Waals surface area (Å²) in [6.45, 7) is 0.557. The number of carbonyl (C=O) groups excluding carboxylic acids is 2. The van der Waals surface area contributed by atoms with E-state index in [1.165, 1.54) is 10.9 Å². The Morgan fingerprint density at radius 1 is 0.963 bits per heavy atom. The highest BCUT2D eigenvalue weighted by Gasteiger charge is 2.11. The number of para-hydroxylation sites is 2. The lowest BCUT2D eigenvalue weighted by Gasteiger charge is -2.06. The second-order valence-corrected chi connectivity index (χ2v) is 6.60. The average Bonchev–Trinajstić information content (AvgIpc) is 3.31. The molecule has 27 heavy (non-hydrogen) atoms. The lowest BCUT2D eigenvalue weighted by atomic mass is 10.1. The van der Waals surface area contributed by atoms with E-state index in [9.17, 15) is 9.59 Å². The van der Waals surface area contributed by atoms with Gasteiger partial charge in [-0.1, -0.05) is 36.4 Å². The van der Waals surface area contributed by atoms with Crippen LogP contribution in [0.25, 0.3) is 21.8 Å². The third kappa shape index (κ3) is 3.62. The first-order chi connectivity index (χ1) is 13.2. The molecule has 0 atom stereocenters. The van der Waals surface area contributed by atoms with Crippen LogP contribution in [0.15, 0.2) is 67.0 Å². The number of H-pyrrole nitrogens is 1. The Morgan fingerprint density at radius 3 is 2.70 bits per heavy atom. The van der Waals surface area contributed by atoms with E-state index >= 15 is 0 Å². The Morgan fingerprint density at radius 2 is 1.78 bits per heavy atom. The van der Waals surface area contributed by atoms with E-state index in [1.807, 2.05) is 54.7 Å². The molecule has 1 amide bonds. The zero-order valence-electron chi connectivity index (χ0n) is 14.9. The fourth-order valence-corrected chi connectivity index (χ4v) is 3.40. The van der Waals surface area contributed by atoms with Crippen molar-refractivity contribution in [1.29, 1.82) is 0 Å². The quantitative estimate of drug-likeness (QED) is 0.548. The van der Waals surface area contributed by atoms with Gasteiger partial charge in [0.15, 0.2) is 0 Å². The third-order valence-corrected chi connectivity index (χ3v) is 4.83. The van der Waals surface area contributed by atoms with Gasteiger partial charge in [-0.25, -0.2) is 0 Å². The van der Waals surface area contributed by atoms with Gasteiger partial charge in [-0.15, -0.1) is 0 Å². The van der Waals surface area contributed by atoms with Crippen molar-refractivity contribution in [3.8, 4) is 0 Å². The number of hydrogen-bond donors (Lipinski definition) is 2. The molecule has 2 aromatic carbocycles. The molecule has 0 bridgehead atoms. The molecule has 0 aliphatic rings. The fourth-order valence-electron chi connectivity index (χ4n) is 3.40. The van der Waals surface area contributed by atoms with E-state index < -0.39 is 0 Å². The zero-order valence-corrected chi connectivity index (χ0v) is 14.9. The molecule has 0 aliphatic carbocycles. The first-order valence-electron chi connectivity index (χ1n) is 9.13. The molecule has 0 spiro atoms. The van der Waals surface area contributed by atoms with E-state index in [1.54, 1.807) is 10.8 Å². The molecule has 2 N–H and O–H groups in total. The molecule has 5 nitrogen and oxygen atoms in total. The van der Waals surface area contributed by atoms with Crippen LogP contribution >= 0.6 is 0 Å². The maximum atomic E-state index is 12.4. The first kappa shape index (κ1) is 17.1. The number of fused-ring (bicyclic) bond motifs is 2. The Kier molecular flexibility index (Phi) is 4.75. The van der Waals surface area contributed by atoms with Gasteiger partial charge in [-0.2, -0.15) is 0 Å². The van der Waals surface area contributed by atoms with Gasteiger partial charge in [0.1, 0.15) is 0 Å². The van der Waals surface area contributed by atoms with Crippen LogP contribution in [0.4, 0.5) is 0 Å². The molecular weight excluding hydrogens is 338 g/mol. The van der Waals surface area contributed by atoms with Crippen molar-refractivity contribution in [2.24, 2.45) is 0 Å². The Bertz CT molecular complexity index is 1110. The minimum Gasteiger partial charge on any atom is -0.361 e. The number of carbonyl (C=O) groups is 2. The second-order valence-electron chi connectivity index (χ2n) is 6.60. The molecule has 0 fully saturated rings. The highest BCUT2D eigenvalue weighted by atomic mass is 16.2. The van der Waals surface area contributed by atoms with Crippen molar-refractivity contribution in [3.05, 3.63) is 72.6 Å². The highest BCUT2D eigenvalue weighted by molar-refractivity contribution is 5.94. The minimum atomic E-state index is -0.0975. The Labute approximate surface area is 157 Å². The largest absolute Gasteiger partial charge is 0.361 e. The van der Waals surface area contributed by atoms with Gasteiger partial charge in [0.25, 0.3) is 0 Å². The normalized spacial score (nSPS) is 11.1. The van der Waals surface area contributed by atoms with Crippen LogP contribution in [0.5, 0.6) is 0 Å². The maximum absolute atomic E-state index is 12.4. The number of rotatable bonds is 6. The summed E-state index contributed by atoms with van der Waals surface area (Å²) in [5, 5.41) is 5.11. The number of aromatic nitrogens is 2. The zero-order chi connectivity index (χ0) is 18.6. The molecule has 0 saturated heterocycles. The number of nitrogens with one attached hydrogen (secondary N) is 2. The van der Waals surface area contributed by atoms with Crippen molar-refractivity contribution in [3.63, 3.8) is 0 Å². The van der Waals surface area contributed by atoms with Crippen LogP contribution < -0.4 is 5.32 Å². The van der Waals surface area contributed by atoms with E-state index in [2.05, 4.69) is 16.4 Å². The summed E-state index contributed by atoms with van der Waals surface area (Å²) >= 11 is 0. The van der Waals surface area contributed by atoms with Crippen LogP contribution in [0.3, 0.4) is 0 Å². The summed E-state index contributed by atoms with van der Waals surface area (Å²) in [4.78, 5) is 27.7. The SMILES string of the molecule is O=C(CCC(=O)n1ccc2ccccc21)NCCc1c[nH]c2ccccc12. The summed E-state index contributed by atoms with van der Waals surface area (Å²) in [5.41, 5.74) is 3.16. The predicted octanol–water partition coefficient (Wildman–Crippen LogP) is 3.90. The van der Waals surface area contributed by atoms with Crippen molar-refractivity contribution in [2.45, 2.75) is 19.3 Å². The van der Waals surface area contributed by atoms with Crippen molar-refractivity contribution < 1.29 is 9.59 Å². The lowest BCUT2D eigenvalue weighted by Crippen LogP contribution is -2.26. The molecule has 4 rings (SSSR count). The summed E-state index contributed by atoms with van der Waals surface area (Å²) in [5.74, 6) is -0.164. The Balaban J connectivity index is 1.28. The van der Waals surface area contributed by atoms with Gasteiger partial charge in [0.2, 0.25) is 11.8 Å². The molecule has 0 unspecified atom stereocenters. The van der Waals surface area contributed by atoms with Crippen LogP contribution in [0.1, 0.15) is 23.2 Å². The molecular formula is C22H21N3O2. The summed E-state index contributed by atoms with van der Waals surface area (Å²) < 4.78 is 1.62. The molecule has 136 valence electrons. The molecule has 0 saturated carbocycles. The second kappa shape index (κ2) is 7.50. The minimum absolute atomic E-state index is 0.0667. The van der Waals surface area contributed by atoms with E-state index in [0.717, 1.165) is 22.8 Å². The molecule has 2 aromatic heterocycles. The van der Waals surface area contributed by atoms with Gasteiger partial charge in [0, 0.05) is 48.1 Å². The van der Waals surface area contributed by atoms with Crippen LogP contribution in [-0.2, 0) is 11.2 Å². The number of nitrogens with zero attached hydrogens (tertiary/aromatic N) is 1. The monoisotopic (exact) mass is 359 g/mol. The topological polar surface area (TPSA) is 66.9 Å². The molecule has 5 heteroatoms. The molecule has 0 radical (unpaired) electrons. The summed E-state index contributed by atoms with van der Waals surface area (Å²) in [6, 6.07) is 17.8. The maximum Gasteiger partial charge on any atom is 0.231 e. The van der Waals surface area contributed by atoms with Crippen molar-refractivity contribution in [1.82, 2.24) is 14.9 Å². The van der Waals surface area contributed by atoms with Gasteiger partial charge >= 0.3 is 0 Å². The van der Waals surface area contributed by atoms with E-state index in [-0.39, 0.29) is 24.7 Å². The first-order valence-corrected chi connectivity index (χ1v) is 9.13. The van der Waals surface area contributed by atoms with Crippen LogP contribution in [0, 0.1) is 0 Å². The van der Waals surface area contributed by atoms with Gasteiger partial charge in [0.05, 0.1) is 5.52 Å². The third-order valence-electron chi connectivity index (χ3n) is 4.83. The summed E-state index contributed by atoms with van der Waals surface area (Å²) in [6.07, 6.45) is 4.89. The number of benzene rings is 2. The predicted molar refractivity (Wildman–Crippen MR) is 107 cm³/mol. The fraction of sp³-hybridized carbons (Fsp3) is 0.182. The highest BCUT2D eigenvalue weighted by Crippen LogP contribution is 2.18. The van der Waals surface area contributed by atoms with E-state index in [0.29, 0.717) is 6.54 Å². The van der Waals surface area contributed by atoms with Crippen LogP contribution in [0.2, 0.25) is 0 Å². The van der Waals surface area contributed by atoms with Gasteiger partial charge in [-0.3, -0.25) is 14.2 Å². The standard InChI is InChI=1S/C22H21N3O2/c26-21(23-13-11-17-15-24-19-7-3-2-6-18(17)19)9-10-22(27)25-14-12-16-5-1-4-8-20(16)25/h1-8,12,14-15,24H,9-11,13H2,(H,23,26). The summed E-state index contributed by atoms with van der Waals surface area (Å²) in [7, 11) is 0. The van der Waals surface area contributed by atoms with E-state index in [4.69, 9.17) is 0 Å². The number of hydrogen-bond acceptors (Lipinski definition) is 2. The average molecular weight is 359 g/mol. The Hall–Kier alpha value is -3.34. The smallest absolute Gasteiger partial charge is 0.231 e.